The van der Waals surface area contributed by atoms with Crippen molar-refractivity contribution in [1.82, 2.24) is 15.4 Å². The van der Waals surface area contributed by atoms with Gasteiger partial charge in [-0.3, -0.25) is 9.59 Å². The Bertz CT molecular complexity index is 1030. The van der Waals surface area contributed by atoms with E-state index in [2.05, 4.69) is 17.4 Å². The predicted octanol–water partition coefficient (Wildman–Crippen LogP) is 3.31. The summed E-state index contributed by atoms with van der Waals surface area (Å²) in [7, 11) is 1.69. The maximum absolute atomic E-state index is 12.9. The summed E-state index contributed by atoms with van der Waals surface area (Å²) in [5.41, 5.74) is 1.83. The van der Waals surface area contributed by atoms with Gasteiger partial charge in [0.2, 0.25) is 0 Å². The first kappa shape index (κ1) is 20.2. The van der Waals surface area contributed by atoms with Crippen molar-refractivity contribution in [3.63, 3.8) is 0 Å². The van der Waals surface area contributed by atoms with Crippen LogP contribution < -0.4 is 5.32 Å². The molecule has 1 aromatic carbocycles. The van der Waals surface area contributed by atoms with Crippen LogP contribution in [0.15, 0.2) is 58.5 Å². The summed E-state index contributed by atoms with van der Waals surface area (Å²) in [6.45, 7) is 2.14. The highest BCUT2D eigenvalue weighted by atomic mass is 35.5. The number of likely N-dealkylation sites (N-methyl/N-ethyl adjacent to an activating group) is 1. The number of hydrogen-bond donors (Lipinski definition) is 1. The standard InChI is InChI=1S/C22H22ClN3O4/c1-13-3-8-20-19(9-13)26(2)22(28)18(12-29-20)24-21(27)17-11-16(30-25-17)10-14-4-6-15(23)7-5-14/h4-9,11,13,18H,3,10,12H2,1-2H3,(H,24,27)/t13?,18-/m0/s1. The lowest BCUT2D eigenvalue weighted by molar-refractivity contribution is -0.130. The van der Waals surface area contributed by atoms with Crippen LogP contribution in [0, 0.1) is 5.92 Å². The van der Waals surface area contributed by atoms with Crippen LogP contribution in [0.3, 0.4) is 0 Å². The molecular formula is C22H22ClN3O4. The monoisotopic (exact) mass is 427 g/mol. The number of fused-ring (bicyclic) bond motifs is 1. The molecule has 2 aliphatic rings. The molecular weight excluding hydrogens is 406 g/mol. The zero-order chi connectivity index (χ0) is 21.3. The molecule has 1 N–H and O–H groups in total. The quantitative estimate of drug-likeness (QED) is 0.809. The van der Waals surface area contributed by atoms with E-state index in [0.29, 0.717) is 28.9 Å². The molecule has 156 valence electrons. The van der Waals surface area contributed by atoms with Crippen molar-refractivity contribution in [2.24, 2.45) is 5.92 Å². The Labute approximate surface area is 179 Å². The maximum atomic E-state index is 12.9. The van der Waals surface area contributed by atoms with Crippen LogP contribution in [0.25, 0.3) is 0 Å². The normalized spacial score (nSPS) is 21.2. The maximum Gasteiger partial charge on any atom is 0.274 e. The van der Waals surface area contributed by atoms with Gasteiger partial charge >= 0.3 is 0 Å². The fourth-order valence-corrected chi connectivity index (χ4v) is 3.59. The average Bonchev–Trinajstić information content (AvgIpc) is 3.17. The van der Waals surface area contributed by atoms with Crippen molar-refractivity contribution < 1.29 is 18.8 Å². The van der Waals surface area contributed by atoms with Gasteiger partial charge in [-0.25, -0.2) is 0 Å². The number of allylic oxidation sites excluding steroid dienone is 2. The molecule has 1 unspecified atom stereocenters. The summed E-state index contributed by atoms with van der Waals surface area (Å²) in [5, 5.41) is 7.21. The highest BCUT2D eigenvalue weighted by molar-refractivity contribution is 6.30. The Morgan fingerprint density at radius 2 is 2.10 bits per heavy atom. The van der Waals surface area contributed by atoms with Crippen LogP contribution in [0.5, 0.6) is 0 Å². The van der Waals surface area contributed by atoms with Crippen molar-refractivity contribution in [1.29, 1.82) is 0 Å². The SMILES string of the molecule is CC1C=C2C(=CC1)OC[C@H](NC(=O)c1cc(Cc3ccc(Cl)cc3)on1)C(=O)N2C. The van der Waals surface area contributed by atoms with E-state index in [-0.39, 0.29) is 18.2 Å². The lowest BCUT2D eigenvalue weighted by atomic mass is 9.99. The molecule has 1 saturated heterocycles. The number of carbonyl (C=O) groups excluding carboxylic acids is 2. The van der Waals surface area contributed by atoms with Gasteiger partial charge in [0.25, 0.3) is 11.8 Å². The third-order valence-corrected chi connectivity index (χ3v) is 5.41. The summed E-state index contributed by atoms with van der Waals surface area (Å²) in [5.74, 6) is 0.809. The van der Waals surface area contributed by atoms with E-state index in [1.807, 2.05) is 24.3 Å². The first-order valence-corrected chi connectivity index (χ1v) is 10.1. The zero-order valence-electron chi connectivity index (χ0n) is 16.7. The minimum atomic E-state index is -0.818. The molecule has 0 spiro atoms. The second-order valence-corrected chi connectivity index (χ2v) is 7.99. The van der Waals surface area contributed by atoms with Gasteiger partial charge < -0.3 is 19.5 Å². The molecule has 1 aliphatic carbocycles. The molecule has 2 aromatic rings. The lowest BCUT2D eigenvalue weighted by Gasteiger charge is -2.24. The Balaban J connectivity index is 1.43. The topological polar surface area (TPSA) is 84.7 Å². The molecule has 1 aromatic heterocycles. The summed E-state index contributed by atoms with van der Waals surface area (Å²) in [6, 6.07) is 8.09. The molecule has 2 amide bonds. The van der Waals surface area contributed by atoms with E-state index in [4.69, 9.17) is 20.9 Å². The molecule has 1 fully saturated rings. The Hall–Kier alpha value is -3.06. The minimum Gasteiger partial charge on any atom is -0.489 e. The smallest absolute Gasteiger partial charge is 0.274 e. The van der Waals surface area contributed by atoms with Crippen molar-refractivity contribution >= 4 is 23.4 Å². The fourth-order valence-electron chi connectivity index (χ4n) is 3.47. The van der Waals surface area contributed by atoms with Crippen molar-refractivity contribution in [3.05, 3.63) is 76.0 Å². The molecule has 1 aliphatic heterocycles. The lowest BCUT2D eigenvalue weighted by Crippen LogP contribution is -2.48. The number of nitrogens with one attached hydrogen (secondary N) is 1. The second kappa shape index (κ2) is 8.36. The number of ether oxygens (including phenoxy) is 1. The molecule has 7 nitrogen and oxygen atoms in total. The van der Waals surface area contributed by atoms with Gasteiger partial charge in [-0.1, -0.05) is 41.9 Å². The molecule has 4 rings (SSSR count). The van der Waals surface area contributed by atoms with Crippen LogP contribution in [-0.2, 0) is 16.0 Å². The van der Waals surface area contributed by atoms with Crippen LogP contribution >= 0.6 is 11.6 Å². The number of nitrogens with zero attached hydrogens (tertiary/aromatic N) is 2. The number of carbonyl (C=O) groups is 2. The molecule has 2 atom stereocenters. The third kappa shape index (κ3) is 4.26. The summed E-state index contributed by atoms with van der Waals surface area (Å²) in [6.07, 6.45) is 5.33. The zero-order valence-corrected chi connectivity index (χ0v) is 17.5. The number of aromatic nitrogens is 1. The van der Waals surface area contributed by atoms with E-state index in [9.17, 15) is 9.59 Å². The minimum absolute atomic E-state index is 0.0575. The number of hydrogen-bond acceptors (Lipinski definition) is 5. The van der Waals surface area contributed by atoms with Crippen molar-refractivity contribution in [2.75, 3.05) is 13.7 Å². The number of rotatable bonds is 4. The van der Waals surface area contributed by atoms with E-state index in [0.717, 1.165) is 17.7 Å². The van der Waals surface area contributed by atoms with Crippen molar-refractivity contribution in [3.8, 4) is 0 Å². The van der Waals surface area contributed by atoms with Crippen LogP contribution in [0.4, 0.5) is 0 Å². The van der Waals surface area contributed by atoms with Gasteiger partial charge in [0, 0.05) is 24.6 Å². The summed E-state index contributed by atoms with van der Waals surface area (Å²) in [4.78, 5) is 27.0. The van der Waals surface area contributed by atoms with E-state index in [1.54, 1.807) is 25.2 Å². The highest BCUT2D eigenvalue weighted by Crippen LogP contribution is 2.28. The first-order chi connectivity index (χ1) is 14.4. The van der Waals surface area contributed by atoms with E-state index >= 15 is 0 Å². The average molecular weight is 428 g/mol. The van der Waals surface area contributed by atoms with Crippen LogP contribution in [0.2, 0.25) is 5.02 Å². The van der Waals surface area contributed by atoms with Gasteiger partial charge in [0.15, 0.2) is 5.69 Å². The molecule has 8 heteroatoms. The van der Waals surface area contributed by atoms with Gasteiger partial charge in [-0.15, -0.1) is 0 Å². The molecule has 0 saturated carbocycles. The molecule has 0 bridgehead atoms. The number of halogens is 1. The molecule has 2 heterocycles. The Morgan fingerprint density at radius 1 is 1.33 bits per heavy atom. The molecule has 30 heavy (non-hydrogen) atoms. The largest absolute Gasteiger partial charge is 0.489 e. The molecule has 0 radical (unpaired) electrons. The summed E-state index contributed by atoms with van der Waals surface area (Å²) < 4.78 is 11.1. The number of amides is 2. The Kier molecular flexibility index (Phi) is 5.63. The highest BCUT2D eigenvalue weighted by Gasteiger charge is 2.34. The first-order valence-electron chi connectivity index (χ1n) is 9.74. The second-order valence-electron chi connectivity index (χ2n) is 7.55. The van der Waals surface area contributed by atoms with E-state index < -0.39 is 11.9 Å². The van der Waals surface area contributed by atoms with Gasteiger partial charge in [0.05, 0.1) is 5.70 Å². The Morgan fingerprint density at radius 3 is 2.87 bits per heavy atom. The van der Waals surface area contributed by atoms with E-state index in [1.165, 1.54) is 4.90 Å². The third-order valence-electron chi connectivity index (χ3n) is 5.15. The van der Waals surface area contributed by atoms with Crippen LogP contribution in [-0.4, -0.2) is 41.6 Å². The van der Waals surface area contributed by atoms with Gasteiger partial charge in [0.1, 0.15) is 24.2 Å². The van der Waals surface area contributed by atoms with Crippen molar-refractivity contribution in [2.45, 2.75) is 25.8 Å². The number of benzene rings is 1. The van der Waals surface area contributed by atoms with Gasteiger partial charge in [-0.2, -0.15) is 0 Å². The van der Waals surface area contributed by atoms with Gasteiger partial charge in [-0.05, 0) is 36.1 Å². The van der Waals surface area contributed by atoms with Crippen LogP contribution in [0.1, 0.15) is 35.2 Å². The summed E-state index contributed by atoms with van der Waals surface area (Å²) >= 11 is 5.90. The predicted molar refractivity (Wildman–Crippen MR) is 111 cm³/mol. The fraction of sp³-hybridized carbons (Fsp3) is 0.318.